The van der Waals surface area contributed by atoms with E-state index in [1.54, 1.807) is 4.68 Å². The van der Waals surface area contributed by atoms with E-state index >= 15 is 0 Å². The third-order valence-corrected chi connectivity index (χ3v) is 4.70. The number of cyclic esters (lactones) is 1. The minimum atomic E-state index is -0.860. The first-order valence-corrected chi connectivity index (χ1v) is 9.64. The number of hydrogen-bond acceptors (Lipinski definition) is 4. The number of carbonyl (C=O) groups excluding carboxylic acids is 2. The van der Waals surface area contributed by atoms with Crippen molar-refractivity contribution in [3.8, 4) is 16.9 Å². The van der Waals surface area contributed by atoms with Gasteiger partial charge < -0.3 is 15.4 Å². The van der Waals surface area contributed by atoms with E-state index in [1.165, 1.54) is 5.56 Å². The molecule has 1 saturated heterocycles. The zero-order valence-corrected chi connectivity index (χ0v) is 16.1. The number of nitrogens with zero attached hydrogens (tertiary/aromatic N) is 2. The van der Waals surface area contributed by atoms with Gasteiger partial charge >= 0.3 is 6.09 Å². The van der Waals surface area contributed by atoms with Crippen molar-refractivity contribution in [1.82, 2.24) is 15.1 Å². The van der Waals surface area contributed by atoms with E-state index in [9.17, 15) is 9.59 Å². The van der Waals surface area contributed by atoms with Crippen LogP contribution in [0.5, 0.6) is 0 Å². The van der Waals surface area contributed by atoms with E-state index in [0.717, 1.165) is 29.8 Å². The molecule has 0 bridgehead atoms. The Bertz CT molecular complexity index is 1030. The normalized spacial score (nSPS) is 15.6. The smallest absolute Gasteiger partial charge is 0.408 e. The van der Waals surface area contributed by atoms with Crippen LogP contribution in [0, 0.1) is 0 Å². The quantitative estimate of drug-likeness (QED) is 0.674. The summed E-state index contributed by atoms with van der Waals surface area (Å²) in [5.74, 6) is -0.00922. The van der Waals surface area contributed by atoms with Gasteiger partial charge in [-0.1, -0.05) is 49.7 Å². The van der Waals surface area contributed by atoms with Crippen molar-refractivity contribution in [1.29, 1.82) is 0 Å². The van der Waals surface area contributed by atoms with E-state index in [4.69, 9.17) is 4.74 Å². The molecule has 29 heavy (non-hydrogen) atoms. The molecule has 1 aliphatic rings. The monoisotopic (exact) mass is 390 g/mol. The van der Waals surface area contributed by atoms with Gasteiger partial charge in [0.05, 0.1) is 17.9 Å². The standard InChI is InChI=1S/C22H22N4O3/c1-2-7-15-8-6-9-16(12-15)18-13-20(24-21(27)19-14-23-22(28)29-19)25-26(18)17-10-4-3-5-11-17/h3-6,8-13,19H,2,7,14H2,1H3,(H,23,28)(H,24,25,27)/t19-/m0/s1. The number of amides is 2. The van der Waals surface area contributed by atoms with Gasteiger partial charge in [0, 0.05) is 11.6 Å². The summed E-state index contributed by atoms with van der Waals surface area (Å²) >= 11 is 0. The maximum absolute atomic E-state index is 12.4. The maximum atomic E-state index is 12.4. The molecule has 1 aliphatic heterocycles. The van der Waals surface area contributed by atoms with Gasteiger partial charge in [-0.05, 0) is 30.2 Å². The number of alkyl carbamates (subject to hydrolysis) is 1. The Hall–Kier alpha value is -3.61. The first-order chi connectivity index (χ1) is 14.1. The van der Waals surface area contributed by atoms with Crippen LogP contribution in [0.1, 0.15) is 18.9 Å². The lowest BCUT2D eigenvalue weighted by Gasteiger charge is -2.09. The topological polar surface area (TPSA) is 85.2 Å². The number of ether oxygens (including phenoxy) is 1. The Balaban J connectivity index is 1.69. The van der Waals surface area contributed by atoms with Gasteiger partial charge in [-0.15, -0.1) is 5.10 Å². The number of anilines is 1. The van der Waals surface area contributed by atoms with Crippen molar-refractivity contribution >= 4 is 17.8 Å². The summed E-state index contributed by atoms with van der Waals surface area (Å²) in [4.78, 5) is 23.6. The summed E-state index contributed by atoms with van der Waals surface area (Å²) in [6.45, 7) is 2.30. The van der Waals surface area contributed by atoms with Crippen LogP contribution >= 0.6 is 0 Å². The summed E-state index contributed by atoms with van der Waals surface area (Å²) in [6, 6.07) is 19.9. The highest BCUT2D eigenvalue weighted by atomic mass is 16.6. The van der Waals surface area contributed by atoms with Crippen LogP contribution in [-0.2, 0) is 16.0 Å². The molecule has 2 N–H and O–H groups in total. The summed E-state index contributed by atoms with van der Waals surface area (Å²) < 4.78 is 6.75. The number of rotatable bonds is 6. The Morgan fingerprint density at radius 1 is 1.21 bits per heavy atom. The van der Waals surface area contributed by atoms with E-state index in [1.807, 2.05) is 48.5 Å². The molecular formula is C22H22N4O3. The van der Waals surface area contributed by atoms with Crippen LogP contribution in [-0.4, -0.2) is 34.4 Å². The summed E-state index contributed by atoms with van der Waals surface area (Å²) in [5, 5.41) is 9.82. The molecule has 2 aromatic carbocycles. The molecule has 0 radical (unpaired) electrons. The number of aryl methyl sites for hydroxylation is 1. The molecule has 0 aliphatic carbocycles. The molecule has 0 unspecified atom stereocenters. The zero-order chi connectivity index (χ0) is 20.2. The minimum absolute atomic E-state index is 0.149. The Kier molecular flexibility index (Phi) is 5.29. The second-order valence-corrected chi connectivity index (χ2v) is 6.88. The summed E-state index contributed by atoms with van der Waals surface area (Å²) in [6.07, 6.45) is 0.613. The molecule has 7 heteroatoms. The first kappa shape index (κ1) is 18.7. The highest BCUT2D eigenvalue weighted by molar-refractivity contribution is 5.96. The Morgan fingerprint density at radius 3 is 2.76 bits per heavy atom. The fourth-order valence-electron chi connectivity index (χ4n) is 3.33. The van der Waals surface area contributed by atoms with Gasteiger partial charge in [0.1, 0.15) is 0 Å². The molecule has 148 valence electrons. The first-order valence-electron chi connectivity index (χ1n) is 9.64. The third-order valence-electron chi connectivity index (χ3n) is 4.70. The molecule has 0 saturated carbocycles. The van der Waals surface area contributed by atoms with Crippen LogP contribution in [0.15, 0.2) is 60.7 Å². The van der Waals surface area contributed by atoms with Crippen LogP contribution in [0.25, 0.3) is 16.9 Å². The molecule has 7 nitrogen and oxygen atoms in total. The lowest BCUT2D eigenvalue weighted by Crippen LogP contribution is -2.30. The van der Waals surface area contributed by atoms with E-state index in [-0.39, 0.29) is 6.54 Å². The van der Waals surface area contributed by atoms with E-state index in [2.05, 4.69) is 34.8 Å². The van der Waals surface area contributed by atoms with Gasteiger partial charge in [0.25, 0.3) is 5.91 Å². The highest BCUT2D eigenvalue weighted by Gasteiger charge is 2.30. The van der Waals surface area contributed by atoms with E-state index in [0.29, 0.717) is 5.82 Å². The van der Waals surface area contributed by atoms with Crippen molar-refractivity contribution in [2.24, 2.45) is 0 Å². The van der Waals surface area contributed by atoms with Gasteiger partial charge in [-0.25, -0.2) is 9.48 Å². The van der Waals surface area contributed by atoms with Crippen molar-refractivity contribution < 1.29 is 14.3 Å². The molecule has 2 heterocycles. The van der Waals surface area contributed by atoms with E-state index < -0.39 is 18.1 Å². The van der Waals surface area contributed by atoms with Gasteiger partial charge in [0.15, 0.2) is 11.9 Å². The van der Waals surface area contributed by atoms with Gasteiger partial charge in [-0.2, -0.15) is 0 Å². The molecular weight excluding hydrogens is 368 g/mol. The number of aromatic nitrogens is 2. The molecule has 0 spiro atoms. The molecule has 1 atom stereocenters. The summed E-state index contributed by atoms with van der Waals surface area (Å²) in [7, 11) is 0. The largest absolute Gasteiger partial charge is 0.434 e. The van der Waals surface area contributed by atoms with Crippen molar-refractivity contribution in [2.75, 3.05) is 11.9 Å². The number of hydrogen-bond donors (Lipinski definition) is 2. The third kappa shape index (κ3) is 4.13. The van der Waals surface area contributed by atoms with Crippen LogP contribution in [0.4, 0.5) is 10.6 Å². The highest BCUT2D eigenvalue weighted by Crippen LogP contribution is 2.27. The van der Waals surface area contributed by atoms with Crippen molar-refractivity contribution in [3.63, 3.8) is 0 Å². The van der Waals surface area contributed by atoms with Crippen LogP contribution < -0.4 is 10.6 Å². The lowest BCUT2D eigenvalue weighted by atomic mass is 10.0. The summed E-state index contributed by atoms with van der Waals surface area (Å²) in [5.41, 5.74) is 4.02. The molecule has 4 rings (SSSR count). The molecule has 3 aromatic rings. The van der Waals surface area contributed by atoms with Crippen molar-refractivity contribution in [2.45, 2.75) is 25.9 Å². The average Bonchev–Trinajstić information content (AvgIpc) is 3.36. The molecule has 1 fully saturated rings. The predicted molar refractivity (Wildman–Crippen MR) is 110 cm³/mol. The second-order valence-electron chi connectivity index (χ2n) is 6.88. The molecule has 1 aromatic heterocycles. The van der Waals surface area contributed by atoms with Gasteiger partial charge in [-0.3, -0.25) is 4.79 Å². The van der Waals surface area contributed by atoms with Crippen molar-refractivity contribution in [3.05, 3.63) is 66.2 Å². The second kappa shape index (κ2) is 8.18. The van der Waals surface area contributed by atoms with Crippen LogP contribution in [0.2, 0.25) is 0 Å². The molecule has 2 amide bonds. The zero-order valence-electron chi connectivity index (χ0n) is 16.1. The fourth-order valence-corrected chi connectivity index (χ4v) is 3.33. The Morgan fingerprint density at radius 2 is 2.03 bits per heavy atom. The average molecular weight is 390 g/mol. The number of para-hydroxylation sites is 1. The Labute approximate surface area is 168 Å². The number of benzene rings is 2. The fraction of sp³-hybridized carbons (Fsp3) is 0.227. The van der Waals surface area contributed by atoms with Gasteiger partial charge in [0.2, 0.25) is 0 Å². The lowest BCUT2D eigenvalue weighted by molar-refractivity contribution is -0.122. The minimum Gasteiger partial charge on any atom is -0.434 e. The van der Waals surface area contributed by atoms with Crippen LogP contribution in [0.3, 0.4) is 0 Å². The number of nitrogens with one attached hydrogen (secondary N) is 2. The predicted octanol–water partition coefficient (Wildman–Crippen LogP) is 3.54. The maximum Gasteiger partial charge on any atom is 0.408 e. The SMILES string of the molecule is CCCc1cccc(-c2cc(NC(=O)[C@@H]3CNC(=O)O3)nn2-c2ccccc2)c1. The number of carbonyl (C=O) groups is 2.